The van der Waals surface area contributed by atoms with Gasteiger partial charge < -0.3 is 14.6 Å². The predicted molar refractivity (Wildman–Crippen MR) is 66.4 cm³/mol. The van der Waals surface area contributed by atoms with Gasteiger partial charge in [-0.25, -0.2) is 0 Å². The second-order valence-corrected chi connectivity index (χ2v) is 6.28. The Labute approximate surface area is 108 Å². The van der Waals surface area contributed by atoms with Crippen molar-refractivity contribution >= 4 is 10.2 Å². The first kappa shape index (κ1) is 15.8. The lowest BCUT2D eigenvalue weighted by atomic mass is 10.0. The van der Waals surface area contributed by atoms with Crippen molar-refractivity contribution < 1.29 is 23.0 Å². The average Bonchev–Trinajstić information content (AvgIpc) is 2.83. The molecular weight excluding hydrogens is 260 g/mol. The van der Waals surface area contributed by atoms with Gasteiger partial charge >= 0.3 is 0 Å². The number of aliphatic hydroxyl groups excluding tert-OH is 1. The fourth-order valence-electron chi connectivity index (χ4n) is 1.71. The first-order valence-electron chi connectivity index (χ1n) is 5.90. The van der Waals surface area contributed by atoms with Crippen LogP contribution in [-0.4, -0.2) is 70.5 Å². The van der Waals surface area contributed by atoms with Gasteiger partial charge in [-0.3, -0.25) is 0 Å². The van der Waals surface area contributed by atoms with Crippen molar-refractivity contribution in [3.05, 3.63) is 0 Å². The van der Waals surface area contributed by atoms with Crippen LogP contribution in [0.15, 0.2) is 0 Å². The smallest absolute Gasteiger partial charge is 0.279 e. The SMILES string of the molecule is COC1(CNS(=O)(=O)N(C)CCCO)CCOC1. The molecule has 18 heavy (non-hydrogen) atoms. The molecule has 1 rings (SSSR count). The van der Waals surface area contributed by atoms with Crippen LogP contribution in [0.5, 0.6) is 0 Å². The van der Waals surface area contributed by atoms with Crippen LogP contribution in [0.2, 0.25) is 0 Å². The van der Waals surface area contributed by atoms with Crippen molar-refractivity contribution in [2.75, 3.05) is 47.1 Å². The summed E-state index contributed by atoms with van der Waals surface area (Å²) in [7, 11) is -0.503. The molecule has 0 aromatic heterocycles. The predicted octanol–water partition coefficient (Wildman–Crippen LogP) is -1.06. The van der Waals surface area contributed by atoms with Crippen molar-refractivity contribution in [1.82, 2.24) is 9.03 Å². The number of nitrogens with one attached hydrogen (secondary N) is 1. The van der Waals surface area contributed by atoms with Crippen LogP contribution < -0.4 is 4.72 Å². The Morgan fingerprint density at radius 1 is 1.56 bits per heavy atom. The number of methoxy groups -OCH3 is 1. The van der Waals surface area contributed by atoms with Crippen LogP contribution in [0, 0.1) is 0 Å². The van der Waals surface area contributed by atoms with Gasteiger partial charge in [-0.2, -0.15) is 17.4 Å². The number of hydrogen-bond donors (Lipinski definition) is 2. The average molecular weight is 282 g/mol. The number of nitrogens with zero attached hydrogens (tertiary/aromatic N) is 1. The summed E-state index contributed by atoms with van der Waals surface area (Å²) in [4.78, 5) is 0. The quantitative estimate of drug-likeness (QED) is 0.592. The summed E-state index contributed by atoms with van der Waals surface area (Å²) in [6, 6.07) is 0. The molecule has 0 radical (unpaired) electrons. The summed E-state index contributed by atoms with van der Waals surface area (Å²) in [5, 5.41) is 8.68. The Morgan fingerprint density at radius 3 is 2.78 bits per heavy atom. The second-order valence-electron chi connectivity index (χ2n) is 4.41. The van der Waals surface area contributed by atoms with E-state index in [0.29, 0.717) is 26.1 Å². The van der Waals surface area contributed by atoms with Gasteiger partial charge in [0.15, 0.2) is 0 Å². The summed E-state index contributed by atoms with van der Waals surface area (Å²) in [5.41, 5.74) is -0.565. The van der Waals surface area contributed by atoms with E-state index in [9.17, 15) is 8.42 Å². The van der Waals surface area contributed by atoms with Crippen LogP contribution in [-0.2, 0) is 19.7 Å². The summed E-state index contributed by atoms with van der Waals surface area (Å²) >= 11 is 0. The Kier molecular flexibility index (Phi) is 5.96. The molecule has 0 aromatic rings. The van der Waals surface area contributed by atoms with E-state index in [1.807, 2.05) is 0 Å². The Bertz CT molecular complexity index is 340. The van der Waals surface area contributed by atoms with Gasteiger partial charge in [-0.1, -0.05) is 0 Å². The maximum atomic E-state index is 11.9. The molecule has 1 heterocycles. The highest BCUT2D eigenvalue weighted by molar-refractivity contribution is 7.87. The Balaban J connectivity index is 2.50. The number of rotatable bonds is 8. The zero-order valence-electron chi connectivity index (χ0n) is 10.9. The Morgan fingerprint density at radius 2 is 2.28 bits per heavy atom. The minimum atomic E-state index is -3.53. The molecule has 0 saturated carbocycles. The zero-order valence-corrected chi connectivity index (χ0v) is 11.7. The molecule has 7 nitrogen and oxygen atoms in total. The molecular formula is C10H22N2O5S. The molecule has 1 unspecified atom stereocenters. The van der Waals surface area contributed by atoms with Crippen molar-refractivity contribution in [3.8, 4) is 0 Å². The lowest BCUT2D eigenvalue weighted by Crippen LogP contribution is -2.48. The molecule has 0 bridgehead atoms. The minimum Gasteiger partial charge on any atom is -0.396 e. The largest absolute Gasteiger partial charge is 0.396 e. The lowest BCUT2D eigenvalue weighted by molar-refractivity contribution is -0.0122. The van der Waals surface area contributed by atoms with Gasteiger partial charge in [0.05, 0.1) is 6.61 Å². The first-order chi connectivity index (χ1) is 8.46. The van der Waals surface area contributed by atoms with Gasteiger partial charge in [0.1, 0.15) is 5.60 Å². The van der Waals surface area contributed by atoms with Crippen molar-refractivity contribution in [1.29, 1.82) is 0 Å². The van der Waals surface area contributed by atoms with Crippen LogP contribution in [0.3, 0.4) is 0 Å². The van der Waals surface area contributed by atoms with Crippen molar-refractivity contribution in [2.24, 2.45) is 0 Å². The molecule has 1 aliphatic rings. The van der Waals surface area contributed by atoms with E-state index < -0.39 is 15.8 Å². The first-order valence-corrected chi connectivity index (χ1v) is 7.34. The third-order valence-electron chi connectivity index (χ3n) is 3.12. The molecule has 108 valence electrons. The molecule has 1 fully saturated rings. The van der Waals surface area contributed by atoms with E-state index in [0.717, 1.165) is 0 Å². The van der Waals surface area contributed by atoms with E-state index in [1.54, 1.807) is 7.11 Å². The van der Waals surface area contributed by atoms with Crippen molar-refractivity contribution in [3.63, 3.8) is 0 Å². The van der Waals surface area contributed by atoms with Crippen LogP contribution in [0.25, 0.3) is 0 Å². The number of ether oxygens (including phenoxy) is 2. The molecule has 0 aliphatic carbocycles. The van der Waals surface area contributed by atoms with E-state index in [-0.39, 0.29) is 19.7 Å². The van der Waals surface area contributed by atoms with E-state index in [2.05, 4.69) is 4.72 Å². The van der Waals surface area contributed by atoms with Crippen LogP contribution in [0.4, 0.5) is 0 Å². The zero-order chi connectivity index (χ0) is 13.6. The highest BCUT2D eigenvalue weighted by Gasteiger charge is 2.36. The molecule has 1 atom stereocenters. The Hall–Kier alpha value is -0.250. The third kappa shape index (κ3) is 4.15. The number of hydrogen-bond acceptors (Lipinski definition) is 5. The van der Waals surface area contributed by atoms with Crippen LogP contribution in [0.1, 0.15) is 12.8 Å². The van der Waals surface area contributed by atoms with Gasteiger partial charge in [0, 0.05) is 46.9 Å². The minimum absolute atomic E-state index is 0.0320. The summed E-state index contributed by atoms with van der Waals surface area (Å²) in [6.07, 6.45) is 1.09. The fraction of sp³-hybridized carbons (Fsp3) is 1.00. The fourth-order valence-corrected chi connectivity index (χ4v) is 2.74. The molecule has 2 N–H and O–H groups in total. The molecule has 0 spiro atoms. The topological polar surface area (TPSA) is 88.1 Å². The molecule has 8 heteroatoms. The van der Waals surface area contributed by atoms with Gasteiger partial charge in [-0.05, 0) is 6.42 Å². The molecule has 0 amide bonds. The highest BCUT2D eigenvalue weighted by Crippen LogP contribution is 2.21. The van der Waals surface area contributed by atoms with E-state index >= 15 is 0 Å². The van der Waals surface area contributed by atoms with E-state index in [1.165, 1.54) is 11.4 Å². The monoisotopic (exact) mass is 282 g/mol. The van der Waals surface area contributed by atoms with Gasteiger partial charge in [0.2, 0.25) is 0 Å². The van der Waals surface area contributed by atoms with Crippen molar-refractivity contribution in [2.45, 2.75) is 18.4 Å². The standard InChI is InChI=1S/C10H22N2O5S/c1-12(5-3-6-13)18(14,15)11-8-10(16-2)4-7-17-9-10/h11,13H,3-9H2,1-2H3. The molecule has 0 aromatic carbocycles. The maximum absolute atomic E-state index is 11.9. The maximum Gasteiger partial charge on any atom is 0.279 e. The lowest BCUT2D eigenvalue weighted by Gasteiger charge is -2.27. The summed E-state index contributed by atoms with van der Waals surface area (Å²) in [5.74, 6) is 0. The summed E-state index contributed by atoms with van der Waals surface area (Å²) in [6.45, 7) is 1.41. The highest BCUT2D eigenvalue weighted by atomic mass is 32.2. The van der Waals surface area contributed by atoms with Gasteiger partial charge in [-0.15, -0.1) is 0 Å². The molecule has 1 saturated heterocycles. The van der Waals surface area contributed by atoms with E-state index in [4.69, 9.17) is 14.6 Å². The number of aliphatic hydroxyl groups is 1. The second kappa shape index (κ2) is 6.78. The third-order valence-corrected chi connectivity index (χ3v) is 4.63. The van der Waals surface area contributed by atoms with Gasteiger partial charge in [0.25, 0.3) is 10.2 Å². The normalized spacial score (nSPS) is 24.9. The molecule has 1 aliphatic heterocycles. The summed E-state index contributed by atoms with van der Waals surface area (Å²) < 4.78 is 38.1. The van der Waals surface area contributed by atoms with Crippen LogP contribution >= 0.6 is 0 Å².